The fraction of sp³-hybridized carbons (Fsp3) is 0.0588. The first-order valence-electron chi connectivity index (χ1n) is 7.31. The second kappa shape index (κ2) is 7.69. The fourth-order valence-corrected chi connectivity index (χ4v) is 2.51. The van der Waals surface area contributed by atoms with Crippen LogP contribution in [0.15, 0.2) is 59.1 Å². The Morgan fingerprint density at radius 1 is 1.23 bits per heavy atom. The fourth-order valence-electron chi connectivity index (χ4n) is 1.99. The number of phenolic OH excluding ortho intramolecular Hbond substituents is 1. The average molecular weight is 372 g/mol. The second-order valence-corrected chi connectivity index (χ2v) is 6.92. The van der Waals surface area contributed by atoms with E-state index in [9.17, 15) is 18.3 Å². The van der Waals surface area contributed by atoms with Crippen LogP contribution in [-0.2, 0) is 14.8 Å². The lowest BCUT2D eigenvalue weighted by Gasteiger charge is -2.07. The van der Waals surface area contributed by atoms with Crippen molar-refractivity contribution in [2.45, 2.75) is 11.8 Å². The predicted octanol–water partition coefficient (Wildman–Crippen LogP) is 1.81. The number of primary sulfonamides is 1. The molecular weight excluding hydrogens is 356 g/mol. The van der Waals surface area contributed by atoms with Crippen LogP contribution in [0.25, 0.3) is 0 Å². The minimum Gasteiger partial charge on any atom is -0.506 e. The summed E-state index contributed by atoms with van der Waals surface area (Å²) >= 11 is 0. The monoisotopic (exact) mass is 372 g/mol. The molecule has 0 saturated carbocycles. The van der Waals surface area contributed by atoms with Gasteiger partial charge in [0.05, 0.1) is 10.6 Å². The normalized spacial score (nSPS) is 11.5. The number of nitriles is 1. The Bertz CT molecular complexity index is 1010. The van der Waals surface area contributed by atoms with Crippen molar-refractivity contribution in [2.75, 3.05) is 10.6 Å². The summed E-state index contributed by atoms with van der Waals surface area (Å²) in [7, 11) is -3.83. The van der Waals surface area contributed by atoms with Crippen molar-refractivity contribution < 1.29 is 18.3 Å². The van der Waals surface area contributed by atoms with Crippen LogP contribution < -0.4 is 15.8 Å². The van der Waals surface area contributed by atoms with Gasteiger partial charge in [0.15, 0.2) is 0 Å². The molecule has 26 heavy (non-hydrogen) atoms. The van der Waals surface area contributed by atoms with Crippen molar-refractivity contribution in [3.8, 4) is 11.8 Å². The minimum absolute atomic E-state index is 0.0249. The van der Waals surface area contributed by atoms with E-state index in [-0.39, 0.29) is 16.2 Å². The molecule has 0 fully saturated rings. The molecule has 0 aliphatic carbocycles. The third kappa shape index (κ3) is 4.83. The highest BCUT2D eigenvalue weighted by Crippen LogP contribution is 2.24. The van der Waals surface area contributed by atoms with Gasteiger partial charge in [-0.15, -0.1) is 0 Å². The Hall–Kier alpha value is -3.35. The smallest absolute Gasteiger partial charge is 0.267 e. The van der Waals surface area contributed by atoms with E-state index < -0.39 is 15.9 Å². The molecule has 0 spiro atoms. The van der Waals surface area contributed by atoms with Gasteiger partial charge in [-0.25, -0.2) is 13.6 Å². The number of phenols is 1. The number of nitrogens with zero attached hydrogens (tertiary/aromatic N) is 1. The zero-order valence-corrected chi connectivity index (χ0v) is 14.5. The molecule has 0 aromatic heterocycles. The van der Waals surface area contributed by atoms with Crippen molar-refractivity contribution in [1.82, 2.24) is 0 Å². The summed E-state index contributed by atoms with van der Waals surface area (Å²) in [6, 6.07) is 11.8. The number of hydrogen-bond donors (Lipinski definition) is 4. The van der Waals surface area contributed by atoms with Crippen LogP contribution in [0, 0.1) is 18.3 Å². The second-order valence-electron chi connectivity index (χ2n) is 5.36. The number of hydrogen-bond acceptors (Lipinski definition) is 6. The van der Waals surface area contributed by atoms with E-state index in [0.29, 0.717) is 11.4 Å². The van der Waals surface area contributed by atoms with E-state index in [1.165, 1.54) is 36.5 Å². The minimum atomic E-state index is -3.83. The topological polar surface area (TPSA) is 145 Å². The zero-order chi connectivity index (χ0) is 19.3. The molecule has 0 radical (unpaired) electrons. The number of benzene rings is 2. The van der Waals surface area contributed by atoms with E-state index in [0.717, 1.165) is 5.56 Å². The predicted molar refractivity (Wildman–Crippen MR) is 96.6 cm³/mol. The molecule has 2 aromatic rings. The van der Waals surface area contributed by atoms with Crippen LogP contribution >= 0.6 is 0 Å². The third-order valence-corrected chi connectivity index (χ3v) is 4.26. The van der Waals surface area contributed by atoms with Gasteiger partial charge in [0.2, 0.25) is 10.0 Å². The lowest BCUT2D eigenvalue weighted by Crippen LogP contribution is -2.15. The molecule has 134 valence electrons. The molecule has 0 aliphatic heterocycles. The molecule has 1 amide bonds. The number of carbonyl (C=O) groups excluding carboxylic acids is 1. The van der Waals surface area contributed by atoms with Gasteiger partial charge in [-0.1, -0.05) is 6.07 Å². The van der Waals surface area contributed by atoms with Gasteiger partial charge in [-0.3, -0.25) is 4.79 Å². The van der Waals surface area contributed by atoms with Crippen molar-refractivity contribution in [1.29, 1.82) is 5.26 Å². The Morgan fingerprint density at radius 3 is 2.46 bits per heavy atom. The molecule has 8 nitrogen and oxygen atoms in total. The zero-order valence-electron chi connectivity index (χ0n) is 13.7. The van der Waals surface area contributed by atoms with E-state index in [1.54, 1.807) is 18.2 Å². The molecule has 0 aliphatic rings. The maximum atomic E-state index is 12.2. The molecule has 0 unspecified atom stereocenters. The number of aryl methyl sites for hydroxylation is 1. The van der Waals surface area contributed by atoms with Crippen molar-refractivity contribution in [2.24, 2.45) is 5.14 Å². The number of carbonyl (C=O) groups is 1. The van der Waals surface area contributed by atoms with Crippen LogP contribution in [-0.4, -0.2) is 19.4 Å². The molecule has 9 heteroatoms. The van der Waals surface area contributed by atoms with E-state index in [1.807, 2.05) is 6.92 Å². The maximum absolute atomic E-state index is 12.2. The lowest BCUT2D eigenvalue weighted by molar-refractivity contribution is -0.112. The van der Waals surface area contributed by atoms with E-state index in [2.05, 4.69) is 10.6 Å². The SMILES string of the molecule is Cc1ccc(O)c(N/C=C(/C#N)C(=O)Nc2ccc(S(N)(=O)=O)cc2)c1. The van der Waals surface area contributed by atoms with E-state index in [4.69, 9.17) is 10.4 Å². The Morgan fingerprint density at radius 2 is 1.88 bits per heavy atom. The van der Waals surface area contributed by atoms with Crippen LogP contribution in [0.2, 0.25) is 0 Å². The van der Waals surface area contributed by atoms with Crippen molar-refractivity contribution >= 4 is 27.3 Å². The highest BCUT2D eigenvalue weighted by Gasteiger charge is 2.11. The number of rotatable bonds is 5. The number of amides is 1. The van der Waals surface area contributed by atoms with Crippen LogP contribution in [0.1, 0.15) is 5.56 Å². The van der Waals surface area contributed by atoms with Gasteiger partial charge in [0.25, 0.3) is 5.91 Å². The van der Waals surface area contributed by atoms with Crippen molar-refractivity contribution in [3.05, 3.63) is 59.8 Å². The largest absolute Gasteiger partial charge is 0.506 e. The highest BCUT2D eigenvalue weighted by atomic mass is 32.2. The first-order valence-corrected chi connectivity index (χ1v) is 8.86. The molecular formula is C17H16N4O4S. The summed E-state index contributed by atoms with van der Waals surface area (Å²) < 4.78 is 22.4. The summed E-state index contributed by atoms with van der Waals surface area (Å²) in [6.45, 7) is 1.83. The van der Waals surface area contributed by atoms with Crippen LogP contribution in [0.5, 0.6) is 5.75 Å². The number of nitrogens with one attached hydrogen (secondary N) is 2. The summed E-state index contributed by atoms with van der Waals surface area (Å²) in [5, 5.41) is 29.1. The van der Waals surface area contributed by atoms with Crippen LogP contribution in [0.3, 0.4) is 0 Å². The number of nitrogens with two attached hydrogens (primary N) is 1. The quantitative estimate of drug-likeness (QED) is 0.358. The van der Waals surface area contributed by atoms with E-state index >= 15 is 0 Å². The molecule has 5 N–H and O–H groups in total. The summed E-state index contributed by atoms with van der Waals surface area (Å²) in [4.78, 5) is 12.1. The first-order chi connectivity index (χ1) is 12.2. The Kier molecular flexibility index (Phi) is 5.61. The van der Waals surface area contributed by atoms with Gasteiger partial charge in [0.1, 0.15) is 17.4 Å². The van der Waals surface area contributed by atoms with Crippen LogP contribution in [0.4, 0.5) is 11.4 Å². The van der Waals surface area contributed by atoms with Gasteiger partial charge in [-0.05, 0) is 48.9 Å². The maximum Gasteiger partial charge on any atom is 0.267 e. The number of anilines is 2. The summed E-state index contributed by atoms with van der Waals surface area (Å²) in [5.41, 5.74) is 1.29. The van der Waals surface area contributed by atoms with Crippen molar-refractivity contribution in [3.63, 3.8) is 0 Å². The van der Waals surface area contributed by atoms with Gasteiger partial charge in [-0.2, -0.15) is 5.26 Å². The van der Waals surface area contributed by atoms with Gasteiger partial charge >= 0.3 is 0 Å². The first kappa shape index (κ1) is 19.0. The Balaban J connectivity index is 2.13. The Labute approximate surface area is 150 Å². The number of sulfonamides is 1. The van der Waals surface area contributed by atoms with Gasteiger partial charge < -0.3 is 15.7 Å². The summed E-state index contributed by atoms with van der Waals surface area (Å²) in [6.07, 6.45) is 1.17. The standard InChI is InChI=1S/C17H16N4O4S/c1-11-2-7-16(22)15(8-11)20-10-12(9-18)17(23)21-13-3-5-14(6-4-13)26(19,24)25/h2-8,10,20,22H,1H3,(H,21,23)(H2,19,24,25)/b12-10-. The molecule has 0 atom stereocenters. The molecule has 2 aromatic carbocycles. The molecule has 2 rings (SSSR count). The van der Waals surface area contributed by atoms with Gasteiger partial charge in [0, 0.05) is 11.9 Å². The molecule has 0 bridgehead atoms. The molecule has 0 heterocycles. The average Bonchev–Trinajstić information content (AvgIpc) is 2.58. The number of aromatic hydroxyl groups is 1. The third-order valence-electron chi connectivity index (χ3n) is 3.33. The lowest BCUT2D eigenvalue weighted by atomic mass is 10.2. The highest BCUT2D eigenvalue weighted by molar-refractivity contribution is 7.89. The summed E-state index contributed by atoms with van der Waals surface area (Å²) in [5.74, 6) is -0.723. The molecule has 0 saturated heterocycles.